The Bertz CT molecular complexity index is 665. The first-order chi connectivity index (χ1) is 9.81. The van der Waals surface area contributed by atoms with Crippen molar-refractivity contribution in [3.05, 3.63) is 66.0 Å². The van der Waals surface area contributed by atoms with Crippen molar-refractivity contribution in [1.82, 2.24) is 0 Å². The maximum atomic E-state index is 12.0. The van der Waals surface area contributed by atoms with Crippen molar-refractivity contribution < 1.29 is 14.1 Å². The molecule has 1 aliphatic rings. The molecule has 1 unspecified atom stereocenters. The predicted octanol–water partition coefficient (Wildman–Crippen LogP) is 1.89. The van der Waals surface area contributed by atoms with Crippen LogP contribution in [0.1, 0.15) is 24.3 Å². The number of aromatic nitrogens is 1. The van der Waals surface area contributed by atoms with Gasteiger partial charge in [-0.3, -0.25) is 0 Å². The first-order valence-electron chi connectivity index (χ1n) is 6.61. The Balaban J connectivity index is 2.07. The van der Waals surface area contributed by atoms with Gasteiger partial charge in [-0.2, -0.15) is 9.56 Å². The van der Waals surface area contributed by atoms with E-state index in [1.54, 1.807) is 6.92 Å². The molecule has 3 rings (SSSR count). The molecule has 0 amide bonds. The maximum absolute atomic E-state index is 12.0. The summed E-state index contributed by atoms with van der Waals surface area (Å²) >= 11 is 0. The van der Waals surface area contributed by atoms with Crippen molar-refractivity contribution in [2.75, 3.05) is 6.61 Å². The molecule has 0 spiro atoms. The molecule has 0 saturated heterocycles. The molecule has 0 saturated carbocycles. The Morgan fingerprint density at radius 2 is 1.95 bits per heavy atom. The summed E-state index contributed by atoms with van der Waals surface area (Å²) < 4.78 is 7.07. The van der Waals surface area contributed by atoms with E-state index in [0.717, 1.165) is 11.3 Å². The van der Waals surface area contributed by atoms with Crippen LogP contribution in [0, 0.1) is 0 Å². The van der Waals surface area contributed by atoms with E-state index in [-0.39, 0.29) is 12.1 Å². The van der Waals surface area contributed by atoms with E-state index in [1.807, 2.05) is 59.3 Å². The second-order valence-corrected chi connectivity index (χ2v) is 4.48. The van der Waals surface area contributed by atoms with E-state index in [4.69, 9.17) is 4.74 Å². The lowest BCUT2D eigenvalue weighted by atomic mass is 10.2. The van der Waals surface area contributed by atoms with Gasteiger partial charge in [0.2, 0.25) is 11.4 Å². The van der Waals surface area contributed by atoms with Crippen molar-refractivity contribution in [3.63, 3.8) is 0 Å². The first kappa shape index (κ1) is 12.5. The molecule has 4 nitrogen and oxygen atoms in total. The Hall–Kier alpha value is -2.49. The lowest BCUT2D eigenvalue weighted by Gasteiger charge is -2.03. The largest absolute Gasteiger partial charge is 0.461 e. The minimum atomic E-state index is -0.370. The average molecular weight is 267 g/mol. The van der Waals surface area contributed by atoms with E-state index in [0.29, 0.717) is 12.3 Å². The zero-order valence-corrected chi connectivity index (χ0v) is 11.2. The van der Waals surface area contributed by atoms with Gasteiger partial charge in [-0.15, -0.1) is 0 Å². The molecule has 1 aromatic heterocycles. The van der Waals surface area contributed by atoms with Crippen molar-refractivity contribution in [1.29, 1.82) is 0 Å². The molecule has 4 heteroatoms. The third-order valence-corrected chi connectivity index (χ3v) is 3.21. The van der Waals surface area contributed by atoms with Gasteiger partial charge in [-0.1, -0.05) is 30.3 Å². The number of hydrogen-bond acceptors (Lipinski definition) is 3. The third kappa shape index (κ3) is 2.09. The lowest BCUT2D eigenvalue weighted by Crippen LogP contribution is -2.40. The van der Waals surface area contributed by atoms with Crippen LogP contribution >= 0.6 is 0 Å². The molecular formula is C16H15N2O2+. The first-order valence-corrected chi connectivity index (χ1v) is 6.61. The minimum absolute atomic E-state index is 0.202. The summed E-state index contributed by atoms with van der Waals surface area (Å²) in [7, 11) is 0. The molecule has 0 bridgehead atoms. The van der Waals surface area contributed by atoms with Crippen molar-refractivity contribution in [3.8, 4) is 0 Å². The van der Waals surface area contributed by atoms with Crippen LogP contribution in [-0.4, -0.2) is 18.3 Å². The molecule has 1 aliphatic heterocycles. The Morgan fingerprint density at radius 3 is 2.70 bits per heavy atom. The van der Waals surface area contributed by atoms with Gasteiger partial charge in [0.1, 0.15) is 0 Å². The highest BCUT2D eigenvalue weighted by Crippen LogP contribution is 2.21. The zero-order chi connectivity index (χ0) is 13.9. The number of benzene rings is 1. The highest BCUT2D eigenvalue weighted by Gasteiger charge is 2.37. The van der Waals surface area contributed by atoms with Crippen molar-refractivity contribution in [2.24, 2.45) is 4.99 Å². The smallest absolute Gasteiger partial charge is 0.363 e. The van der Waals surface area contributed by atoms with Gasteiger partial charge in [-0.05, 0) is 13.0 Å². The topological polar surface area (TPSA) is 42.5 Å². The number of fused-ring (bicyclic) bond motifs is 1. The zero-order valence-electron chi connectivity index (χ0n) is 11.2. The number of carbonyl (C=O) groups excluding carboxylic acids is 1. The molecule has 0 fully saturated rings. The van der Waals surface area contributed by atoms with Gasteiger partial charge in [0.05, 0.1) is 6.61 Å². The molecule has 1 atom stereocenters. The number of aliphatic imine (C=N–C) groups is 1. The number of hydrogen-bond donors (Lipinski definition) is 0. The second kappa shape index (κ2) is 5.25. The van der Waals surface area contributed by atoms with Crippen LogP contribution in [-0.2, 0) is 9.53 Å². The highest BCUT2D eigenvalue weighted by molar-refractivity contribution is 6.42. The monoisotopic (exact) mass is 267 g/mol. The normalized spacial score (nSPS) is 16.4. The quantitative estimate of drug-likeness (QED) is 0.629. The number of rotatable bonds is 3. The van der Waals surface area contributed by atoms with Crippen molar-refractivity contribution in [2.45, 2.75) is 13.1 Å². The fraction of sp³-hybridized carbons (Fsp3) is 0.188. The van der Waals surface area contributed by atoms with E-state index in [1.165, 1.54) is 0 Å². The number of esters is 1. The summed E-state index contributed by atoms with van der Waals surface area (Å²) in [6.07, 6.45) is 1.73. The Kier molecular flexibility index (Phi) is 3.29. The minimum Gasteiger partial charge on any atom is -0.461 e. The van der Waals surface area contributed by atoms with Crippen LogP contribution in [0.15, 0.2) is 59.7 Å². The van der Waals surface area contributed by atoms with Gasteiger partial charge >= 0.3 is 5.97 Å². The van der Waals surface area contributed by atoms with E-state index in [9.17, 15) is 4.79 Å². The summed E-state index contributed by atoms with van der Waals surface area (Å²) in [5, 5.41) is 0. The van der Waals surface area contributed by atoms with Gasteiger partial charge < -0.3 is 4.74 Å². The Labute approximate surface area is 117 Å². The highest BCUT2D eigenvalue weighted by atomic mass is 16.5. The molecule has 1 aromatic carbocycles. The summed E-state index contributed by atoms with van der Waals surface area (Å²) in [6.45, 7) is 2.14. The van der Waals surface area contributed by atoms with Gasteiger partial charge in [0.25, 0.3) is 6.17 Å². The van der Waals surface area contributed by atoms with Gasteiger partial charge in [-0.25, -0.2) is 4.79 Å². The molecule has 100 valence electrons. The lowest BCUT2D eigenvalue weighted by molar-refractivity contribution is -0.708. The fourth-order valence-electron chi connectivity index (χ4n) is 2.34. The average Bonchev–Trinajstić information content (AvgIpc) is 2.88. The standard InChI is InChI=1S/C16H15N2O2/c1-2-20-16(19)14-13-10-6-7-11-18(13)15(17-14)12-8-4-3-5-9-12/h3-11,15H,2H2,1H3/q+1. The molecule has 0 N–H and O–H groups in total. The summed E-state index contributed by atoms with van der Waals surface area (Å²) in [4.78, 5) is 16.6. The maximum Gasteiger partial charge on any atom is 0.363 e. The van der Waals surface area contributed by atoms with E-state index >= 15 is 0 Å². The van der Waals surface area contributed by atoms with E-state index < -0.39 is 0 Å². The molecular weight excluding hydrogens is 252 g/mol. The molecule has 2 heterocycles. The third-order valence-electron chi connectivity index (χ3n) is 3.21. The molecule has 2 aromatic rings. The van der Waals surface area contributed by atoms with Crippen LogP contribution < -0.4 is 4.57 Å². The van der Waals surface area contributed by atoms with Crippen LogP contribution in [0.2, 0.25) is 0 Å². The van der Waals surface area contributed by atoms with Gasteiger partial charge in [0.15, 0.2) is 6.20 Å². The van der Waals surface area contributed by atoms with Crippen LogP contribution in [0.25, 0.3) is 0 Å². The van der Waals surface area contributed by atoms with Crippen LogP contribution in [0.5, 0.6) is 0 Å². The fourth-order valence-corrected chi connectivity index (χ4v) is 2.34. The van der Waals surface area contributed by atoms with Crippen LogP contribution in [0.4, 0.5) is 0 Å². The Morgan fingerprint density at radius 1 is 1.20 bits per heavy atom. The SMILES string of the molecule is CCOC(=O)C1=NC(c2ccccc2)[n+]2ccccc21. The molecule has 20 heavy (non-hydrogen) atoms. The number of pyridine rings is 1. The second-order valence-electron chi connectivity index (χ2n) is 4.48. The predicted molar refractivity (Wildman–Crippen MR) is 74.4 cm³/mol. The van der Waals surface area contributed by atoms with Crippen LogP contribution in [0.3, 0.4) is 0 Å². The van der Waals surface area contributed by atoms with Gasteiger partial charge in [0, 0.05) is 17.7 Å². The summed E-state index contributed by atoms with van der Waals surface area (Å²) in [6, 6.07) is 15.6. The van der Waals surface area contributed by atoms with E-state index in [2.05, 4.69) is 4.99 Å². The number of ether oxygens (including phenoxy) is 1. The van der Waals surface area contributed by atoms with Crippen molar-refractivity contribution >= 4 is 11.7 Å². The number of nitrogens with zero attached hydrogens (tertiary/aromatic N) is 2. The number of carbonyl (C=O) groups is 1. The molecule has 0 radical (unpaired) electrons. The molecule has 0 aliphatic carbocycles. The summed E-state index contributed by atoms with van der Waals surface area (Å²) in [5.74, 6) is -0.370. The summed E-state index contributed by atoms with van der Waals surface area (Å²) in [5.41, 5.74) is 2.23.